The van der Waals surface area contributed by atoms with Crippen LogP contribution in [-0.4, -0.2) is 13.2 Å². The van der Waals surface area contributed by atoms with Gasteiger partial charge in [0.05, 0.1) is 0 Å². The maximum atomic E-state index is 5.69. The molecular weight excluding hydrogens is 314 g/mol. The Hall–Kier alpha value is -1.32. The molecule has 2 aromatic rings. The van der Waals surface area contributed by atoms with Crippen molar-refractivity contribution in [3.05, 3.63) is 64.1 Å². The third-order valence-corrected chi connectivity index (χ3v) is 3.82. The highest BCUT2D eigenvalue weighted by molar-refractivity contribution is 9.10. The van der Waals surface area contributed by atoms with Gasteiger partial charge in [0, 0.05) is 17.1 Å². The minimum Gasteiger partial charge on any atom is -0.492 e. The molecule has 3 heteroatoms. The first-order chi connectivity index (χ1) is 9.66. The molecule has 2 rings (SSSR count). The van der Waals surface area contributed by atoms with Crippen molar-refractivity contribution in [2.45, 2.75) is 19.9 Å². The molecule has 0 radical (unpaired) electrons. The zero-order valence-electron chi connectivity index (χ0n) is 11.9. The van der Waals surface area contributed by atoms with Crippen LogP contribution in [0.4, 0.5) is 0 Å². The largest absolute Gasteiger partial charge is 0.492 e. The maximum Gasteiger partial charge on any atom is 0.119 e. The van der Waals surface area contributed by atoms with Crippen LogP contribution < -0.4 is 10.1 Å². The van der Waals surface area contributed by atoms with Gasteiger partial charge in [0.25, 0.3) is 0 Å². The lowest BCUT2D eigenvalue weighted by Gasteiger charge is -2.16. The Morgan fingerprint density at radius 3 is 2.50 bits per heavy atom. The summed E-state index contributed by atoms with van der Waals surface area (Å²) in [6.45, 7) is 5.82. The molecule has 1 N–H and O–H groups in total. The molecule has 106 valence electrons. The summed E-state index contributed by atoms with van der Waals surface area (Å²) in [6, 6.07) is 16.7. The molecule has 1 unspecified atom stereocenters. The zero-order chi connectivity index (χ0) is 14.4. The molecule has 0 bridgehead atoms. The van der Waals surface area contributed by atoms with Crippen molar-refractivity contribution in [3.8, 4) is 5.75 Å². The standard InChI is InChI=1S/C17H20BrNO/c1-13-5-3-4-6-17(13)14(2)19-11-12-20-16-9-7-15(18)8-10-16/h3-10,14,19H,11-12H2,1-2H3. The summed E-state index contributed by atoms with van der Waals surface area (Å²) >= 11 is 3.41. The molecule has 0 saturated heterocycles. The molecule has 0 aliphatic rings. The quantitative estimate of drug-likeness (QED) is 0.786. The van der Waals surface area contributed by atoms with Gasteiger partial charge in [-0.25, -0.2) is 0 Å². The third-order valence-electron chi connectivity index (χ3n) is 3.29. The number of halogens is 1. The van der Waals surface area contributed by atoms with Crippen molar-refractivity contribution in [3.63, 3.8) is 0 Å². The fourth-order valence-electron chi connectivity index (χ4n) is 2.16. The van der Waals surface area contributed by atoms with Crippen LogP contribution in [0.5, 0.6) is 5.75 Å². The monoisotopic (exact) mass is 333 g/mol. The topological polar surface area (TPSA) is 21.3 Å². The number of benzene rings is 2. The van der Waals surface area contributed by atoms with E-state index in [4.69, 9.17) is 4.74 Å². The van der Waals surface area contributed by atoms with E-state index >= 15 is 0 Å². The summed E-state index contributed by atoms with van der Waals surface area (Å²) in [5, 5.41) is 3.49. The maximum absolute atomic E-state index is 5.69. The molecule has 1 atom stereocenters. The number of hydrogen-bond donors (Lipinski definition) is 1. The molecular formula is C17H20BrNO. The lowest BCUT2D eigenvalue weighted by Crippen LogP contribution is -2.24. The van der Waals surface area contributed by atoms with E-state index in [0.717, 1.165) is 16.8 Å². The van der Waals surface area contributed by atoms with Gasteiger partial charge in [-0.05, 0) is 49.2 Å². The van der Waals surface area contributed by atoms with Crippen molar-refractivity contribution in [2.24, 2.45) is 0 Å². The molecule has 0 fully saturated rings. The molecule has 0 amide bonds. The van der Waals surface area contributed by atoms with E-state index in [1.165, 1.54) is 11.1 Å². The van der Waals surface area contributed by atoms with Gasteiger partial charge in [0.1, 0.15) is 12.4 Å². The van der Waals surface area contributed by atoms with Gasteiger partial charge in [-0.2, -0.15) is 0 Å². The molecule has 0 aliphatic carbocycles. The van der Waals surface area contributed by atoms with Gasteiger partial charge in [0.15, 0.2) is 0 Å². The van der Waals surface area contributed by atoms with Crippen molar-refractivity contribution in [1.29, 1.82) is 0 Å². The smallest absolute Gasteiger partial charge is 0.119 e. The lowest BCUT2D eigenvalue weighted by atomic mass is 10.0. The molecule has 20 heavy (non-hydrogen) atoms. The van der Waals surface area contributed by atoms with E-state index in [9.17, 15) is 0 Å². The fraction of sp³-hybridized carbons (Fsp3) is 0.294. The van der Waals surface area contributed by atoms with Crippen molar-refractivity contribution in [2.75, 3.05) is 13.2 Å². The average molecular weight is 334 g/mol. The van der Waals surface area contributed by atoms with Gasteiger partial charge in [0.2, 0.25) is 0 Å². The summed E-state index contributed by atoms with van der Waals surface area (Å²) in [4.78, 5) is 0. The third kappa shape index (κ3) is 4.36. The van der Waals surface area contributed by atoms with Gasteiger partial charge in [-0.3, -0.25) is 0 Å². The summed E-state index contributed by atoms with van der Waals surface area (Å²) in [6.07, 6.45) is 0. The van der Waals surface area contributed by atoms with E-state index in [0.29, 0.717) is 12.6 Å². The number of ether oxygens (including phenoxy) is 1. The van der Waals surface area contributed by atoms with Crippen LogP contribution in [-0.2, 0) is 0 Å². The Balaban J connectivity index is 1.76. The SMILES string of the molecule is Cc1ccccc1C(C)NCCOc1ccc(Br)cc1. The number of rotatable bonds is 6. The molecule has 0 heterocycles. The predicted molar refractivity (Wildman–Crippen MR) is 87.2 cm³/mol. The van der Waals surface area contributed by atoms with Crippen LogP contribution in [0.3, 0.4) is 0 Å². The second-order valence-electron chi connectivity index (χ2n) is 4.83. The van der Waals surface area contributed by atoms with Gasteiger partial charge < -0.3 is 10.1 Å². The number of aryl methyl sites for hydroxylation is 1. The Morgan fingerprint density at radius 2 is 1.80 bits per heavy atom. The number of hydrogen-bond acceptors (Lipinski definition) is 2. The predicted octanol–water partition coefficient (Wildman–Crippen LogP) is 4.49. The van der Waals surface area contributed by atoms with E-state index < -0.39 is 0 Å². The van der Waals surface area contributed by atoms with Crippen LogP contribution >= 0.6 is 15.9 Å². The lowest BCUT2D eigenvalue weighted by molar-refractivity contribution is 0.307. The molecule has 2 aromatic carbocycles. The van der Waals surface area contributed by atoms with E-state index in [-0.39, 0.29) is 0 Å². The fourth-order valence-corrected chi connectivity index (χ4v) is 2.42. The molecule has 0 saturated carbocycles. The summed E-state index contributed by atoms with van der Waals surface area (Å²) in [5.41, 5.74) is 2.66. The van der Waals surface area contributed by atoms with Crippen molar-refractivity contribution >= 4 is 15.9 Å². The zero-order valence-corrected chi connectivity index (χ0v) is 13.5. The Bertz CT molecular complexity index is 539. The van der Waals surface area contributed by atoms with E-state index in [1.807, 2.05) is 24.3 Å². The Labute approximate surface area is 129 Å². The van der Waals surface area contributed by atoms with Crippen molar-refractivity contribution in [1.82, 2.24) is 5.32 Å². The van der Waals surface area contributed by atoms with Gasteiger partial charge in [-0.1, -0.05) is 40.2 Å². The second kappa shape index (κ2) is 7.46. The van der Waals surface area contributed by atoms with Gasteiger partial charge >= 0.3 is 0 Å². The average Bonchev–Trinajstić information content (AvgIpc) is 2.46. The van der Waals surface area contributed by atoms with Crippen LogP contribution in [0.1, 0.15) is 24.1 Å². The minimum absolute atomic E-state index is 0.338. The van der Waals surface area contributed by atoms with Gasteiger partial charge in [-0.15, -0.1) is 0 Å². The van der Waals surface area contributed by atoms with Crippen LogP contribution in [0.2, 0.25) is 0 Å². The van der Waals surface area contributed by atoms with Crippen LogP contribution in [0, 0.1) is 6.92 Å². The van der Waals surface area contributed by atoms with Crippen molar-refractivity contribution < 1.29 is 4.74 Å². The highest BCUT2D eigenvalue weighted by Crippen LogP contribution is 2.17. The first-order valence-corrected chi connectivity index (χ1v) is 7.63. The summed E-state index contributed by atoms with van der Waals surface area (Å²) < 4.78 is 6.76. The summed E-state index contributed by atoms with van der Waals surface area (Å²) in [7, 11) is 0. The molecule has 0 aliphatic heterocycles. The molecule has 0 spiro atoms. The second-order valence-corrected chi connectivity index (χ2v) is 5.75. The molecule has 0 aromatic heterocycles. The molecule has 2 nitrogen and oxygen atoms in total. The van der Waals surface area contributed by atoms with Crippen LogP contribution in [0.25, 0.3) is 0 Å². The Kier molecular flexibility index (Phi) is 5.62. The summed E-state index contributed by atoms with van der Waals surface area (Å²) in [5.74, 6) is 0.901. The van der Waals surface area contributed by atoms with Crippen LogP contribution in [0.15, 0.2) is 53.0 Å². The van der Waals surface area contributed by atoms with E-state index in [1.54, 1.807) is 0 Å². The normalized spacial score (nSPS) is 12.2. The first kappa shape index (κ1) is 15.1. The number of nitrogens with one attached hydrogen (secondary N) is 1. The highest BCUT2D eigenvalue weighted by Gasteiger charge is 2.06. The Morgan fingerprint density at radius 1 is 1.10 bits per heavy atom. The minimum atomic E-state index is 0.338. The first-order valence-electron chi connectivity index (χ1n) is 6.84. The highest BCUT2D eigenvalue weighted by atomic mass is 79.9. The van der Waals surface area contributed by atoms with E-state index in [2.05, 4.69) is 59.4 Å².